The third-order valence-electron chi connectivity index (χ3n) is 4.60. The lowest BCUT2D eigenvalue weighted by atomic mass is 10.1. The summed E-state index contributed by atoms with van der Waals surface area (Å²) in [6.45, 7) is 0. The number of thioether (sulfide) groups is 1. The summed E-state index contributed by atoms with van der Waals surface area (Å²) in [5.74, 6) is -0.569. The van der Waals surface area contributed by atoms with E-state index in [1.54, 1.807) is 30.0 Å². The van der Waals surface area contributed by atoms with Crippen molar-refractivity contribution in [1.82, 2.24) is 15.6 Å². The van der Waals surface area contributed by atoms with Crippen molar-refractivity contribution >= 4 is 50.7 Å². The molecule has 0 saturated carbocycles. The van der Waals surface area contributed by atoms with Crippen LogP contribution in [0, 0.1) is 0 Å². The van der Waals surface area contributed by atoms with Gasteiger partial charge < -0.3 is 5.32 Å². The van der Waals surface area contributed by atoms with Gasteiger partial charge in [0.2, 0.25) is 10.0 Å². The second kappa shape index (κ2) is 11.8. The minimum absolute atomic E-state index is 0.0784. The van der Waals surface area contributed by atoms with Gasteiger partial charge in [-0.2, -0.15) is 4.72 Å². The molecule has 0 heterocycles. The standard InChI is InChI=1S/C23H24N4O3S3/c1-32-19-14-12-18(13-15-19)24-23(31)26-25-22(28)21(16-17-8-4-2-5-9-17)27-33(29,30)20-10-6-3-7-11-20/h2-15,21,27H,16H2,1H3,(H,25,28)(H2,24,26,31)/t21-/m1/s1. The molecule has 4 N–H and O–H groups in total. The Morgan fingerprint density at radius 2 is 1.52 bits per heavy atom. The van der Waals surface area contributed by atoms with Crippen molar-refractivity contribution in [3.8, 4) is 0 Å². The molecule has 0 radical (unpaired) electrons. The third-order valence-corrected chi connectivity index (χ3v) is 7.03. The van der Waals surface area contributed by atoms with Crippen LogP contribution < -0.4 is 20.9 Å². The Morgan fingerprint density at radius 3 is 2.12 bits per heavy atom. The van der Waals surface area contributed by atoms with Crippen molar-refractivity contribution in [2.45, 2.75) is 22.3 Å². The number of carbonyl (C=O) groups is 1. The minimum atomic E-state index is -3.91. The van der Waals surface area contributed by atoms with Gasteiger partial charge in [-0.3, -0.25) is 15.6 Å². The van der Waals surface area contributed by atoms with Gasteiger partial charge in [0, 0.05) is 10.6 Å². The molecule has 0 aromatic heterocycles. The lowest BCUT2D eigenvalue weighted by molar-refractivity contribution is -0.123. The lowest BCUT2D eigenvalue weighted by Gasteiger charge is -2.20. The molecule has 0 aliphatic rings. The number of hydrazine groups is 1. The van der Waals surface area contributed by atoms with Crippen molar-refractivity contribution < 1.29 is 13.2 Å². The number of carbonyl (C=O) groups excluding carboxylic acids is 1. The van der Waals surface area contributed by atoms with Crippen molar-refractivity contribution in [3.63, 3.8) is 0 Å². The van der Waals surface area contributed by atoms with Crippen LogP contribution in [0.3, 0.4) is 0 Å². The average molecular weight is 501 g/mol. The van der Waals surface area contributed by atoms with Gasteiger partial charge in [-0.25, -0.2) is 8.42 Å². The fraction of sp³-hybridized carbons (Fsp3) is 0.130. The number of benzene rings is 3. The molecule has 0 aliphatic carbocycles. The van der Waals surface area contributed by atoms with E-state index in [1.807, 2.05) is 60.9 Å². The van der Waals surface area contributed by atoms with Gasteiger partial charge in [0.25, 0.3) is 5.91 Å². The van der Waals surface area contributed by atoms with E-state index in [0.29, 0.717) is 0 Å². The highest BCUT2D eigenvalue weighted by atomic mass is 32.2. The first-order valence-corrected chi connectivity index (χ1v) is 13.1. The van der Waals surface area contributed by atoms with Gasteiger partial charge in [-0.15, -0.1) is 11.8 Å². The smallest absolute Gasteiger partial charge is 0.256 e. The molecule has 1 atom stereocenters. The number of hydrogen-bond acceptors (Lipinski definition) is 5. The molecule has 0 fully saturated rings. The van der Waals surface area contributed by atoms with Crippen molar-refractivity contribution in [3.05, 3.63) is 90.5 Å². The summed E-state index contributed by atoms with van der Waals surface area (Å²) in [6.07, 6.45) is 2.15. The first kappa shape index (κ1) is 24.7. The molecule has 172 valence electrons. The maximum atomic E-state index is 12.9. The normalized spacial score (nSPS) is 11.9. The first-order chi connectivity index (χ1) is 15.9. The van der Waals surface area contributed by atoms with Crippen molar-refractivity contribution in [2.75, 3.05) is 11.6 Å². The van der Waals surface area contributed by atoms with Gasteiger partial charge >= 0.3 is 0 Å². The topological polar surface area (TPSA) is 99.3 Å². The quantitative estimate of drug-likeness (QED) is 0.214. The fourth-order valence-corrected chi connectivity index (χ4v) is 4.73. The third kappa shape index (κ3) is 7.57. The number of thiocarbonyl (C=S) groups is 1. The largest absolute Gasteiger partial charge is 0.331 e. The molecular formula is C23H24N4O3S3. The van der Waals surface area contributed by atoms with Crippen molar-refractivity contribution in [2.24, 2.45) is 0 Å². The molecule has 1 amide bonds. The van der Waals surface area contributed by atoms with Crippen LogP contribution in [0.1, 0.15) is 5.56 Å². The Bertz CT molecular complexity index is 1170. The molecular weight excluding hydrogens is 476 g/mol. The zero-order valence-electron chi connectivity index (χ0n) is 17.8. The van der Waals surface area contributed by atoms with Crippen LogP contribution in [0.5, 0.6) is 0 Å². The average Bonchev–Trinajstić information content (AvgIpc) is 2.83. The zero-order valence-corrected chi connectivity index (χ0v) is 20.3. The summed E-state index contributed by atoms with van der Waals surface area (Å²) < 4.78 is 28.1. The summed E-state index contributed by atoms with van der Waals surface area (Å²) >= 11 is 6.87. The molecule has 3 rings (SSSR count). The van der Waals surface area contributed by atoms with Crippen LogP contribution >= 0.6 is 24.0 Å². The Kier molecular flexibility index (Phi) is 8.84. The maximum Gasteiger partial charge on any atom is 0.256 e. The number of rotatable bonds is 8. The minimum Gasteiger partial charge on any atom is -0.331 e. The van der Waals surface area contributed by atoms with Crippen LogP contribution in [0.15, 0.2) is 94.7 Å². The van der Waals surface area contributed by atoms with E-state index in [9.17, 15) is 13.2 Å². The van der Waals surface area contributed by atoms with Gasteiger partial charge in [0.15, 0.2) is 5.11 Å². The summed E-state index contributed by atoms with van der Waals surface area (Å²) in [5.41, 5.74) is 6.69. The Morgan fingerprint density at radius 1 is 0.909 bits per heavy atom. The molecule has 0 aliphatic heterocycles. The molecule has 3 aromatic rings. The van der Waals surface area contributed by atoms with Gasteiger partial charge in [-0.05, 0) is 66.9 Å². The SMILES string of the molecule is CSc1ccc(NC(=S)NNC(=O)[C@@H](Cc2ccccc2)NS(=O)(=O)c2ccccc2)cc1. The van der Waals surface area contributed by atoms with Crippen LogP contribution in [-0.4, -0.2) is 31.7 Å². The monoisotopic (exact) mass is 500 g/mol. The lowest BCUT2D eigenvalue weighted by Crippen LogP contribution is -2.53. The first-order valence-electron chi connectivity index (χ1n) is 9.99. The predicted molar refractivity (Wildman–Crippen MR) is 136 cm³/mol. The number of amides is 1. The summed E-state index contributed by atoms with van der Waals surface area (Å²) in [7, 11) is -3.91. The number of nitrogens with one attached hydrogen (secondary N) is 4. The zero-order chi connectivity index (χ0) is 23.7. The molecule has 0 spiro atoms. The maximum absolute atomic E-state index is 12.9. The van der Waals surface area contributed by atoms with E-state index < -0.39 is 22.0 Å². The molecule has 3 aromatic carbocycles. The Hall–Kier alpha value is -2.92. The molecule has 33 heavy (non-hydrogen) atoms. The molecule has 0 bridgehead atoms. The second-order valence-electron chi connectivity index (χ2n) is 6.97. The van der Waals surface area contributed by atoms with Gasteiger partial charge in [-0.1, -0.05) is 48.5 Å². The van der Waals surface area contributed by atoms with Crippen molar-refractivity contribution in [1.29, 1.82) is 0 Å². The van der Waals surface area contributed by atoms with E-state index in [-0.39, 0.29) is 16.4 Å². The molecule has 7 nitrogen and oxygen atoms in total. The highest BCUT2D eigenvalue weighted by molar-refractivity contribution is 7.98. The number of anilines is 1. The van der Waals surface area contributed by atoms with E-state index >= 15 is 0 Å². The van der Waals surface area contributed by atoms with Gasteiger partial charge in [0.1, 0.15) is 6.04 Å². The number of sulfonamides is 1. The van der Waals surface area contributed by atoms with E-state index in [1.165, 1.54) is 12.1 Å². The van der Waals surface area contributed by atoms with E-state index in [2.05, 4.69) is 20.9 Å². The van der Waals surface area contributed by atoms with Crippen LogP contribution in [0.25, 0.3) is 0 Å². The van der Waals surface area contributed by atoms with Crippen LogP contribution in [-0.2, 0) is 21.2 Å². The summed E-state index contributed by atoms with van der Waals surface area (Å²) in [4.78, 5) is 14.1. The number of hydrogen-bond donors (Lipinski definition) is 4. The van der Waals surface area contributed by atoms with E-state index in [0.717, 1.165) is 16.1 Å². The summed E-state index contributed by atoms with van der Waals surface area (Å²) in [6, 6.07) is 23.6. The fourth-order valence-electron chi connectivity index (χ4n) is 2.93. The Labute approximate surface area is 203 Å². The summed E-state index contributed by atoms with van der Waals surface area (Å²) in [5, 5.41) is 3.14. The van der Waals surface area contributed by atoms with Gasteiger partial charge in [0.05, 0.1) is 4.90 Å². The van der Waals surface area contributed by atoms with E-state index in [4.69, 9.17) is 12.2 Å². The Balaban J connectivity index is 1.67. The highest BCUT2D eigenvalue weighted by Crippen LogP contribution is 2.17. The second-order valence-corrected chi connectivity index (χ2v) is 9.98. The molecule has 10 heteroatoms. The van der Waals surface area contributed by atoms with Crippen LogP contribution in [0.2, 0.25) is 0 Å². The highest BCUT2D eigenvalue weighted by Gasteiger charge is 2.26. The molecule has 0 unspecified atom stereocenters. The molecule has 0 saturated heterocycles. The van der Waals surface area contributed by atoms with Crippen LogP contribution in [0.4, 0.5) is 5.69 Å². The predicted octanol–water partition coefficient (Wildman–Crippen LogP) is 3.32.